The molecule has 31 heavy (non-hydrogen) atoms. The molecule has 1 amide bonds. The Bertz CT molecular complexity index is 1140. The van der Waals surface area contributed by atoms with Crippen LogP contribution in [-0.4, -0.2) is 47.5 Å². The molecule has 0 N–H and O–H groups in total. The molecule has 1 aromatic heterocycles. The topological polar surface area (TPSA) is 76.2 Å². The highest BCUT2D eigenvalue weighted by Gasteiger charge is 2.22. The standard InChI is InChI=1S/C22H24N2O5S2/c1-23(15-16-7-12-19(28-3)20(14-16)29-4)22(25)17-8-10-18(11-9-17)24(2)31(26,27)21-6-5-13-30-21/h5-14H,15H2,1-4H3. The minimum atomic E-state index is -3.62. The highest BCUT2D eigenvalue weighted by Crippen LogP contribution is 2.28. The monoisotopic (exact) mass is 460 g/mol. The van der Waals surface area contributed by atoms with Crippen molar-refractivity contribution in [3.05, 3.63) is 71.1 Å². The lowest BCUT2D eigenvalue weighted by Gasteiger charge is -2.20. The maximum atomic E-state index is 12.8. The molecule has 9 heteroatoms. The van der Waals surface area contributed by atoms with E-state index in [9.17, 15) is 13.2 Å². The third-order valence-corrected chi connectivity index (χ3v) is 7.96. The van der Waals surface area contributed by atoms with Crippen LogP contribution in [0.2, 0.25) is 0 Å². The highest BCUT2D eigenvalue weighted by molar-refractivity contribution is 7.94. The molecule has 0 aliphatic heterocycles. The third-order valence-electron chi connectivity index (χ3n) is 4.80. The molecule has 3 rings (SSSR count). The van der Waals surface area contributed by atoms with Gasteiger partial charge in [0.05, 0.1) is 19.9 Å². The normalized spacial score (nSPS) is 11.1. The first kappa shape index (κ1) is 22.6. The molecule has 0 atom stereocenters. The highest BCUT2D eigenvalue weighted by atomic mass is 32.2. The molecule has 0 saturated carbocycles. The fourth-order valence-corrected chi connectivity index (χ4v) is 5.40. The number of nitrogens with zero attached hydrogens (tertiary/aromatic N) is 2. The molecule has 0 radical (unpaired) electrons. The maximum Gasteiger partial charge on any atom is 0.273 e. The molecule has 0 aliphatic carbocycles. The second-order valence-electron chi connectivity index (χ2n) is 6.80. The molecule has 1 heterocycles. The van der Waals surface area contributed by atoms with Crippen LogP contribution in [0.1, 0.15) is 15.9 Å². The Labute approximate surface area is 186 Å². The summed E-state index contributed by atoms with van der Waals surface area (Å²) in [5.41, 5.74) is 1.84. The summed E-state index contributed by atoms with van der Waals surface area (Å²) in [5.74, 6) is 1.04. The number of ether oxygens (including phenoxy) is 2. The fraction of sp³-hybridized carbons (Fsp3) is 0.227. The maximum absolute atomic E-state index is 12.8. The second kappa shape index (κ2) is 9.40. The number of thiophene rings is 1. The number of methoxy groups -OCH3 is 2. The average Bonchev–Trinajstić information content (AvgIpc) is 3.34. The first-order valence-electron chi connectivity index (χ1n) is 9.36. The van der Waals surface area contributed by atoms with Gasteiger partial charge >= 0.3 is 0 Å². The third kappa shape index (κ3) is 4.83. The van der Waals surface area contributed by atoms with E-state index in [1.54, 1.807) is 74.0 Å². The van der Waals surface area contributed by atoms with Crippen molar-refractivity contribution >= 4 is 33.0 Å². The summed E-state index contributed by atoms with van der Waals surface area (Å²) in [4.78, 5) is 14.4. The van der Waals surface area contributed by atoms with Crippen molar-refractivity contribution in [2.24, 2.45) is 0 Å². The van der Waals surface area contributed by atoms with Crippen molar-refractivity contribution in [1.29, 1.82) is 0 Å². The summed E-state index contributed by atoms with van der Waals surface area (Å²) in [6, 6.07) is 15.3. The Balaban J connectivity index is 1.72. The Kier molecular flexibility index (Phi) is 6.87. The van der Waals surface area contributed by atoms with Crippen LogP contribution < -0.4 is 13.8 Å². The van der Waals surface area contributed by atoms with Crippen molar-refractivity contribution in [1.82, 2.24) is 4.90 Å². The van der Waals surface area contributed by atoms with Crippen LogP contribution in [0.5, 0.6) is 11.5 Å². The number of carbonyl (C=O) groups is 1. The van der Waals surface area contributed by atoms with Crippen molar-refractivity contribution in [2.45, 2.75) is 10.8 Å². The second-order valence-corrected chi connectivity index (χ2v) is 9.95. The number of carbonyl (C=O) groups excluding carboxylic acids is 1. The van der Waals surface area contributed by atoms with E-state index < -0.39 is 10.0 Å². The molecule has 0 fully saturated rings. The number of sulfonamides is 1. The summed E-state index contributed by atoms with van der Waals surface area (Å²) in [6.45, 7) is 0.383. The number of amides is 1. The number of benzene rings is 2. The molecule has 3 aromatic rings. The van der Waals surface area contributed by atoms with E-state index in [4.69, 9.17) is 9.47 Å². The van der Waals surface area contributed by atoms with Crippen LogP contribution in [0, 0.1) is 0 Å². The summed E-state index contributed by atoms with van der Waals surface area (Å²) in [6.07, 6.45) is 0. The first-order chi connectivity index (χ1) is 14.8. The van der Waals surface area contributed by atoms with Gasteiger partial charge in [-0.05, 0) is 53.4 Å². The molecule has 0 bridgehead atoms. The molecule has 2 aromatic carbocycles. The van der Waals surface area contributed by atoms with Crippen LogP contribution in [0.3, 0.4) is 0 Å². The van der Waals surface area contributed by atoms with E-state index >= 15 is 0 Å². The lowest BCUT2D eigenvalue weighted by molar-refractivity contribution is 0.0785. The molecule has 0 spiro atoms. The zero-order chi connectivity index (χ0) is 22.6. The zero-order valence-electron chi connectivity index (χ0n) is 17.7. The molecule has 164 valence electrons. The van der Waals surface area contributed by atoms with Gasteiger partial charge in [0.2, 0.25) is 0 Å². The van der Waals surface area contributed by atoms with E-state index in [1.165, 1.54) is 11.4 Å². The van der Waals surface area contributed by atoms with Gasteiger partial charge in [0.25, 0.3) is 15.9 Å². The van der Waals surface area contributed by atoms with Gasteiger partial charge in [-0.15, -0.1) is 11.3 Å². The Hall–Kier alpha value is -3.04. The molecule has 7 nitrogen and oxygen atoms in total. The van der Waals surface area contributed by atoms with E-state index in [0.717, 1.165) is 16.9 Å². The quantitative estimate of drug-likeness (QED) is 0.510. The van der Waals surface area contributed by atoms with Gasteiger partial charge < -0.3 is 14.4 Å². The van der Waals surface area contributed by atoms with Crippen LogP contribution in [0.25, 0.3) is 0 Å². The molecule has 0 aliphatic rings. The first-order valence-corrected chi connectivity index (χ1v) is 11.7. The zero-order valence-corrected chi connectivity index (χ0v) is 19.4. The fourth-order valence-electron chi connectivity index (χ4n) is 3.04. The summed E-state index contributed by atoms with van der Waals surface area (Å²) < 4.78 is 37.4. The van der Waals surface area contributed by atoms with Crippen molar-refractivity contribution in [3.8, 4) is 11.5 Å². The van der Waals surface area contributed by atoms with Crippen molar-refractivity contribution in [2.75, 3.05) is 32.6 Å². The minimum absolute atomic E-state index is 0.176. The van der Waals surface area contributed by atoms with Crippen LogP contribution in [0.4, 0.5) is 5.69 Å². The van der Waals surface area contributed by atoms with Gasteiger partial charge in [-0.2, -0.15) is 0 Å². The van der Waals surface area contributed by atoms with Gasteiger partial charge in [-0.1, -0.05) is 12.1 Å². The number of anilines is 1. The average molecular weight is 461 g/mol. The Morgan fingerprint density at radius 1 is 0.968 bits per heavy atom. The smallest absolute Gasteiger partial charge is 0.273 e. The summed E-state index contributed by atoms with van der Waals surface area (Å²) in [7, 11) is 2.72. The van der Waals surface area contributed by atoms with Gasteiger partial charge in [-0.25, -0.2) is 8.42 Å². The summed E-state index contributed by atoms with van der Waals surface area (Å²) in [5, 5.41) is 1.72. The lowest BCUT2D eigenvalue weighted by atomic mass is 10.1. The molecule has 0 unspecified atom stereocenters. The van der Waals surface area contributed by atoms with Crippen molar-refractivity contribution in [3.63, 3.8) is 0 Å². The van der Waals surface area contributed by atoms with E-state index in [1.807, 2.05) is 12.1 Å². The van der Waals surface area contributed by atoms with Gasteiger partial charge in [0.15, 0.2) is 11.5 Å². The van der Waals surface area contributed by atoms with E-state index in [0.29, 0.717) is 29.3 Å². The largest absolute Gasteiger partial charge is 0.493 e. The number of rotatable bonds is 8. The van der Waals surface area contributed by atoms with Crippen LogP contribution >= 0.6 is 11.3 Å². The Morgan fingerprint density at radius 2 is 1.65 bits per heavy atom. The number of hydrogen-bond acceptors (Lipinski definition) is 6. The lowest BCUT2D eigenvalue weighted by Crippen LogP contribution is -2.27. The number of hydrogen-bond donors (Lipinski definition) is 0. The van der Waals surface area contributed by atoms with E-state index in [-0.39, 0.29) is 10.1 Å². The van der Waals surface area contributed by atoms with Crippen molar-refractivity contribution < 1.29 is 22.7 Å². The van der Waals surface area contributed by atoms with E-state index in [2.05, 4.69) is 0 Å². The molecular formula is C22H24N2O5S2. The van der Waals surface area contributed by atoms with Gasteiger partial charge in [0, 0.05) is 26.2 Å². The van der Waals surface area contributed by atoms with Crippen LogP contribution in [-0.2, 0) is 16.6 Å². The van der Waals surface area contributed by atoms with Crippen LogP contribution in [0.15, 0.2) is 64.2 Å². The van der Waals surface area contributed by atoms with Gasteiger partial charge in [0.1, 0.15) is 4.21 Å². The predicted molar refractivity (Wildman–Crippen MR) is 122 cm³/mol. The SMILES string of the molecule is COc1ccc(CN(C)C(=O)c2ccc(N(C)S(=O)(=O)c3cccs3)cc2)cc1OC. The summed E-state index contributed by atoms with van der Waals surface area (Å²) >= 11 is 1.16. The Morgan fingerprint density at radius 3 is 2.23 bits per heavy atom. The predicted octanol–water partition coefficient (Wildman–Crippen LogP) is 3.86. The van der Waals surface area contributed by atoms with Gasteiger partial charge in [-0.3, -0.25) is 9.10 Å². The molecular weight excluding hydrogens is 436 g/mol. The molecule has 0 saturated heterocycles. The minimum Gasteiger partial charge on any atom is -0.493 e.